The molecule has 22 heavy (non-hydrogen) atoms. The smallest absolute Gasteiger partial charge is 0.265 e. The van der Waals surface area contributed by atoms with E-state index in [4.69, 9.17) is 9.47 Å². The van der Waals surface area contributed by atoms with Gasteiger partial charge < -0.3 is 14.8 Å². The normalized spacial score (nSPS) is 26.0. The van der Waals surface area contributed by atoms with Gasteiger partial charge in [-0.1, -0.05) is 12.8 Å². The van der Waals surface area contributed by atoms with Crippen molar-refractivity contribution >= 4 is 17.2 Å². The van der Waals surface area contributed by atoms with Crippen molar-refractivity contribution in [1.29, 1.82) is 0 Å². The molecule has 1 aromatic heterocycles. The van der Waals surface area contributed by atoms with Crippen molar-refractivity contribution in [3.05, 3.63) is 15.8 Å². The average Bonchev–Trinajstić information content (AvgIpc) is 3.14. The summed E-state index contributed by atoms with van der Waals surface area (Å²) in [5, 5.41) is 3.25. The molecule has 2 aliphatic rings. The number of aryl methyl sites for hydroxylation is 1. The Labute approximate surface area is 136 Å². The number of hydrogen-bond acceptors (Lipinski definition) is 4. The topological polar surface area (TPSA) is 47.6 Å². The minimum absolute atomic E-state index is 0.00109. The van der Waals surface area contributed by atoms with Gasteiger partial charge in [-0.15, -0.1) is 11.3 Å². The lowest BCUT2D eigenvalue weighted by molar-refractivity contribution is -0.127. The van der Waals surface area contributed by atoms with E-state index in [9.17, 15) is 4.79 Å². The predicted octanol–water partition coefficient (Wildman–Crippen LogP) is 3.53. The van der Waals surface area contributed by atoms with Gasteiger partial charge in [-0.3, -0.25) is 4.79 Å². The van der Waals surface area contributed by atoms with Gasteiger partial charge in [0.1, 0.15) is 10.6 Å². The summed E-state index contributed by atoms with van der Waals surface area (Å²) in [6.45, 7) is 4.80. The molecule has 2 aliphatic carbocycles. The second-order valence-electron chi connectivity index (χ2n) is 6.40. The molecule has 0 bridgehead atoms. The first-order valence-corrected chi connectivity index (χ1v) is 8.99. The number of hydrogen-bond donors (Lipinski definition) is 1. The Balaban J connectivity index is 1.71. The molecule has 122 valence electrons. The Morgan fingerprint density at radius 3 is 2.82 bits per heavy atom. The molecule has 2 saturated carbocycles. The van der Waals surface area contributed by atoms with Crippen LogP contribution in [0.15, 0.2) is 6.07 Å². The number of carbonyl (C=O) groups is 1. The summed E-state index contributed by atoms with van der Waals surface area (Å²) < 4.78 is 11.2. The van der Waals surface area contributed by atoms with Crippen LogP contribution in [0, 0.1) is 12.3 Å². The molecular weight excluding hydrogens is 298 g/mol. The van der Waals surface area contributed by atoms with Crippen LogP contribution < -0.4 is 10.1 Å². The van der Waals surface area contributed by atoms with Crippen molar-refractivity contribution in [3.8, 4) is 5.75 Å². The van der Waals surface area contributed by atoms with Crippen molar-refractivity contribution in [1.82, 2.24) is 5.32 Å². The average molecular weight is 323 g/mol. The Hall–Kier alpha value is -1.07. The van der Waals surface area contributed by atoms with E-state index in [2.05, 4.69) is 5.32 Å². The first kappa shape index (κ1) is 15.8. The number of thiophene rings is 1. The Morgan fingerprint density at radius 1 is 1.45 bits per heavy atom. The van der Waals surface area contributed by atoms with E-state index in [1.807, 2.05) is 19.9 Å². The standard InChI is InChI=1S/C17H25NO3S/c1-4-21-14-10-13(17(14)7-5-6-8-17)18-16(19)15-12(20-3)9-11(2)22-15/h9,13-14H,4-8,10H2,1-3H3,(H,18,19)/t13-,14+/m0/s1. The van der Waals surface area contributed by atoms with Crippen LogP contribution in [-0.2, 0) is 4.74 Å². The lowest BCUT2D eigenvalue weighted by Crippen LogP contribution is -2.63. The van der Waals surface area contributed by atoms with Crippen LogP contribution in [0.5, 0.6) is 5.75 Å². The fourth-order valence-corrected chi connectivity index (χ4v) is 5.00. The van der Waals surface area contributed by atoms with Crippen molar-refractivity contribution in [3.63, 3.8) is 0 Å². The quantitative estimate of drug-likeness (QED) is 0.901. The molecule has 0 radical (unpaired) electrons. The van der Waals surface area contributed by atoms with E-state index in [1.54, 1.807) is 7.11 Å². The van der Waals surface area contributed by atoms with Gasteiger partial charge in [-0.25, -0.2) is 0 Å². The molecule has 0 unspecified atom stereocenters. The largest absolute Gasteiger partial charge is 0.495 e. The molecule has 4 nitrogen and oxygen atoms in total. The van der Waals surface area contributed by atoms with E-state index in [-0.39, 0.29) is 17.4 Å². The number of methoxy groups -OCH3 is 1. The molecule has 0 saturated heterocycles. The van der Waals surface area contributed by atoms with Crippen molar-refractivity contribution in [2.75, 3.05) is 13.7 Å². The summed E-state index contributed by atoms with van der Waals surface area (Å²) >= 11 is 1.50. The third kappa shape index (κ3) is 2.54. The fourth-order valence-electron chi connectivity index (χ4n) is 4.11. The summed E-state index contributed by atoms with van der Waals surface area (Å²) in [5.74, 6) is 0.683. The highest BCUT2D eigenvalue weighted by Crippen LogP contribution is 2.54. The zero-order valence-corrected chi connectivity index (χ0v) is 14.4. The molecule has 3 rings (SSSR count). The zero-order valence-electron chi connectivity index (χ0n) is 13.6. The monoisotopic (exact) mass is 323 g/mol. The first-order chi connectivity index (χ1) is 10.6. The van der Waals surface area contributed by atoms with Crippen molar-refractivity contribution in [2.24, 2.45) is 5.41 Å². The SMILES string of the molecule is CCO[C@@H]1C[C@H](NC(=O)c2sc(C)cc2OC)C12CCCC2. The summed E-state index contributed by atoms with van der Waals surface area (Å²) in [6.07, 6.45) is 6.09. The highest BCUT2D eigenvalue weighted by Gasteiger charge is 2.57. The minimum Gasteiger partial charge on any atom is -0.495 e. The van der Waals surface area contributed by atoms with Crippen LogP contribution in [-0.4, -0.2) is 31.8 Å². The number of ether oxygens (including phenoxy) is 2. The Morgan fingerprint density at radius 2 is 2.18 bits per heavy atom. The van der Waals surface area contributed by atoms with Crippen molar-refractivity contribution in [2.45, 2.75) is 58.1 Å². The maximum Gasteiger partial charge on any atom is 0.265 e. The van der Waals surface area contributed by atoms with Crippen LogP contribution in [0.1, 0.15) is 53.6 Å². The minimum atomic E-state index is 0.00109. The van der Waals surface area contributed by atoms with Gasteiger partial charge in [0.2, 0.25) is 0 Å². The van der Waals surface area contributed by atoms with Gasteiger partial charge in [0.15, 0.2) is 0 Å². The van der Waals surface area contributed by atoms with Crippen LogP contribution in [0.4, 0.5) is 0 Å². The van der Waals surface area contributed by atoms with Gasteiger partial charge in [-0.05, 0) is 39.2 Å². The highest BCUT2D eigenvalue weighted by atomic mass is 32.1. The molecule has 2 atom stereocenters. The molecule has 1 heterocycles. The van der Waals surface area contributed by atoms with Gasteiger partial charge >= 0.3 is 0 Å². The summed E-state index contributed by atoms with van der Waals surface area (Å²) in [4.78, 5) is 14.4. The van der Waals surface area contributed by atoms with Gasteiger partial charge in [0.05, 0.1) is 13.2 Å². The van der Waals surface area contributed by atoms with E-state index in [0.717, 1.165) is 17.9 Å². The van der Waals surface area contributed by atoms with Crippen molar-refractivity contribution < 1.29 is 14.3 Å². The van der Waals surface area contributed by atoms with Gasteiger partial charge in [0, 0.05) is 22.9 Å². The second-order valence-corrected chi connectivity index (χ2v) is 7.66. The zero-order chi connectivity index (χ0) is 15.7. The van der Waals surface area contributed by atoms with Crippen LogP contribution in [0.3, 0.4) is 0 Å². The lowest BCUT2D eigenvalue weighted by atomic mass is 9.60. The van der Waals surface area contributed by atoms with E-state index < -0.39 is 0 Å². The van der Waals surface area contributed by atoms with Crippen LogP contribution >= 0.6 is 11.3 Å². The van der Waals surface area contributed by atoms with E-state index in [1.165, 1.54) is 37.0 Å². The summed E-state index contributed by atoms with van der Waals surface area (Å²) in [7, 11) is 1.62. The fraction of sp³-hybridized carbons (Fsp3) is 0.706. The molecule has 2 fully saturated rings. The summed E-state index contributed by atoms with van der Waals surface area (Å²) in [6, 6.07) is 2.17. The maximum absolute atomic E-state index is 12.6. The molecular formula is C17H25NO3S. The lowest BCUT2D eigenvalue weighted by Gasteiger charge is -2.54. The second kappa shape index (κ2) is 6.20. The molecule has 1 amide bonds. The molecule has 1 spiro atoms. The third-order valence-electron chi connectivity index (χ3n) is 5.24. The third-order valence-corrected chi connectivity index (χ3v) is 6.27. The number of nitrogens with one attached hydrogen (secondary N) is 1. The predicted molar refractivity (Wildman–Crippen MR) is 87.8 cm³/mol. The highest BCUT2D eigenvalue weighted by molar-refractivity contribution is 7.14. The van der Waals surface area contributed by atoms with Gasteiger partial charge in [-0.2, -0.15) is 0 Å². The molecule has 0 aliphatic heterocycles. The number of amides is 1. The van der Waals surface area contributed by atoms with Gasteiger partial charge in [0.25, 0.3) is 5.91 Å². The number of carbonyl (C=O) groups excluding carboxylic acids is 1. The first-order valence-electron chi connectivity index (χ1n) is 8.17. The molecule has 1 aromatic rings. The van der Waals surface area contributed by atoms with Crippen LogP contribution in [0.25, 0.3) is 0 Å². The molecule has 5 heteroatoms. The summed E-state index contributed by atoms with van der Waals surface area (Å²) in [5.41, 5.74) is 0.172. The Kier molecular flexibility index (Phi) is 4.46. The molecule has 1 N–H and O–H groups in total. The number of rotatable bonds is 5. The maximum atomic E-state index is 12.6. The van der Waals surface area contributed by atoms with E-state index >= 15 is 0 Å². The Bertz CT molecular complexity index is 548. The van der Waals surface area contributed by atoms with E-state index in [0.29, 0.717) is 16.7 Å². The van der Waals surface area contributed by atoms with Crippen LogP contribution in [0.2, 0.25) is 0 Å². The molecule has 0 aromatic carbocycles.